The molecule has 1 heterocycles. The van der Waals surface area contributed by atoms with Crippen LogP contribution in [0.15, 0.2) is 42.5 Å². The first-order valence-electron chi connectivity index (χ1n) is 9.18. The Hall–Kier alpha value is -2.70. The minimum absolute atomic E-state index is 0.225. The summed E-state index contributed by atoms with van der Waals surface area (Å²) >= 11 is 6.37. The molecular formula is C21H21ClN4O2. The SMILES string of the molecule is COc1nc(-c2ccc(OCC3CC3)cc2)nc(-c2cc(CN)ccc2Cl)n1. The van der Waals surface area contributed by atoms with Crippen LogP contribution in [0.4, 0.5) is 0 Å². The molecule has 0 atom stereocenters. The van der Waals surface area contributed by atoms with Crippen LogP contribution >= 0.6 is 11.6 Å². The maximum atomic E-state index is 6.37. The predicted octanol–water partition coefficient (Wildman–Crippen LogP) is 4.12. The van der Waals surface area contributed by atoms with Crippen molar-refractivity contribution in [2.75, 3.05) is 13.7 Å². The van der Waals surface area contributed by atoms with Crippen molar-refractivity contribution < 1.29 is 9.47 Å². The number of hydrogen-bond acceptors (Lipinski definition) is 6. The first kappa shape index (κ1) is 18.7. The van der Waals surface area contributed by atoms with Crippen LogP contribution in [0.2, 0.25) is 5.02 Å². The lowest BCUT2D eigenvalue weighted by atomic mass is 10.1. The van der Waals surface area contributed by atoms with Gasteiger partial charge in [-0.1, -0.05) is 17.7 Å². The van der Waals surface area contributed by atoms with Crippen LogP contribution in [0.5, 0.6) is 11.8 Å². The Morgan fingerprint density at radius 2 is 1.79 bits per heavy atom. The van der Waals surface area contributed by atoms with E-state index in [2.05, 4.69) is 15.0 Å². The van der Waals surface area contributed by atoms with Crippen molar-refractivity contribution in [2.24, 2.45) is 11.7 Å². The van der Waals surface area contributed by atoms with Gasteiger partial charge >= 0.3 is 6.01 Å². The van der Waals surface area contributed by atoms with Gasteiger partial charge in [0.1, 0.15) is 5.75 Å². The highest BCUT2D eigenvalue weighted by molar-refractivity contribution is 6.33. The molecule has 1 aromatic heterocycles. The molecule has 0 spiro atoms. The van der Waals surface area contributed by atoms with E-state index in [1.165, 1.54) is 20.0 Å². The molecule has 0 amide bonds. The summed E-state index contributed by atoms with van der Waals surface area (Å²) in [4.78, 5) is 13.3. The Bertz CT molecular complexity index is 975. The Labute approximate surface area is 168 Å². The third kappa shape index (κ3) is 4.24. The average molecular weight is 397 g/mol. The molecule has 0 bridgehead atoms. The van der Waals surface area contributed by atoms with E-state index in [9.17, 15) is 0 Å². The summed E-state index contributed by atoms with van der Waals surface area (Å²) in [5.41, 5.74) is 8.22. The third-order valence-electron chi connectivity index (χ3n) is 4.60. The van der Waals surface area contributed by atoms with Crippen LogP contribution in [0.25, 0.3) is 22.8 Å². The lowest BCUT2D eigenvalue weighted by molar-refractivity contribution is 0.300. The summed E-state index contributed by atoms with van der Waals surface area (Å²) in [5, 5.41) is 0.542. The van der Waals surface area contributed by atoms with Crippen molar-refractivity contribution >= 4 is 11.6 Å². The first-order valence-corrected chi connectivity index (χ1v) is 9.56. The van der Waals surface area contributed by atoms with Crippen LogP contribution in [0.3, 0.4) is 0 Å². The van der Waals surface area contributed by atoms with E-state index < -0.39 is 0 Å². The van der Waals surface area contributed by atoms with Gasteiger partial charge in [0, 0.05) is 17.7 Å². The van der Waals surface area contributed by atoms with Crippen molar-refractivity contribution in [3.63, 3.8) is 0 Å². The molecule has 7 heteroatoms. The number of methoxy groups -OCH3 is 1. The molecule has 6 nitrogen and oxygen atoms in total. The molecule has 2 N–H and O–H groups in total. The highest BCUT2D eigenvalue weighted by Gasteiger charge is 2.22. The second kappa shape index (κ2) is 8.12. The number of benzene rings is 2. The van der Waals surface area contributed by atoms with Gasteiger partial charge in [0.2, 0.25) is 0 Å². The lowest BCUT2D eigenvalue weighted by Gasteiger charge is -2.10. The largest absolute Gasteiger partial charge is 0.493 e. The Morgan fingerprint density at radius 1 is 1.04 bits per heavy atom. The monoisotopic (exact) mass is 396 g/mol. The average Bonchev–Trinajstić information content (AvgIpc) is 3.57. The molecule has 4 rings (SSSR count). The molecule has 1 saturated carbocycles. The normalized spacial score (nSPS) is 13.4. The van der Waals surface area contributed by atoms with Crippen LogP contribution in [0.1, 0.15) is 18.4 Å². The van der Waals surface area contributed by atoms with Crippen LogP contribution in [-0.4, -0.2) is 28.7 Å². The molecule has 1 aliphatic rings. The van der Waals surface area contributed by atoms with Crippen LogP contribution < -0.4 is 15.2 Å². The maximum Gasteiger partial charge on any atom is 0.320 e. The van der Waals surface area contributed by atoms with Crippen molar-refractivity contribution in [3.8, 4) is 34.5 Å². The van der Waals surface area contributed by atoms with Crippen molar-refractivity contribution in [2.45, 2.75) is 19.4 Å². The number of halogens is 1. The minimum Gasteiger partial charge on any atom is -0.493 e. The van der Waals surface area contributed by atoms with E-state index in [1.54, 1.807) is 6.07 Å². The van der Waals surface area contributed by atoms with Gasteiger partial charge in [-0.3, -0.25) is 0 Å². The number of hydrogen-bond donors (Lipinski definition) is 1. The number of aromatic nitrogens is 3. The van der Waals surface area contributed by atoms with Gasteiger partial charge in [-0.25, -0.2) is 4.98 Å². The predicted molar refractivity (Wildman–Crippen MR) is 108 cm³/mol. The summed E-state index contributed by atoms with van der Waals surface area (Å²) in [6.07, 6.45) is 2.53. The van der Waals surface area contributed by atoms with Gasteiger partial charge in [-0.2, -0.15) is 9.97 Å². The van der Waals surface area contributed by atoms with Crippen molar-refractivity contribution in [1.29, 1.82) is 0 Å². The van der Waals surface area contributed by atoms with Gasteiger partial charge in [-0.15, -0.1) is 0 Å². The molecule has 1 fully saturated rings. The zero-order valence-corrected chi connectivity index (χ0v) is 16.3. The fraction of sp³-hybridized carbons (Fsp3) is 0.286. The van der Waals surface area contributed by atoms with Crippen molar-refractivity contribution in [1.82, 2.24) is 15.0 Å². The highest BCUT2D eigenvalue weighted by Crippen LogP contribution is 2.31. The molecule has 144 valence electrons. The highest BCUT2D eigenvalue weighted by atomic mass is 35.5. The summed E-state index contributed by atoms with van der Waals surface area (Å²) in [5.74, 6) is 2.50. The topological polar surface area (TPSA) is 83.2 Å². The fourth-order valence-corrected chi connectivity index (χ4v) is 2.97. The van der Waals surface area contributed by atoms with Gasteiger partial charge in [0.25, 0.3) is 0 Å². The second-order valence-electron chi connectivity index (χ2n) is 6.77. The molecule has 0 radical (unpaired) electrons. The zero-order chi connectivity index (χ0) is 19.5. The zero-order valence-electron chi connectivity index (χ0n) is 15.6. The van der Waals surface area contributed by atoms with E-state index in [-0.39, 0.29) is 6.01 Å². The van der Waals surface area contributed by atoms with Gasteiger partial charge < -0.3 is 15.2 Å². The molecule has 0 unspecified atom stereocenters. The number of ether oxygens (including phenoxy) is 2. The van der Waals surface area contributed by atoms with E-state index in [0.717, 1.165) is 23.5 Å². The maximum absolute atomic E-state index is 6.37. The standard InChI is InChI=1S/C21H21ClN4O2/c1-27-21-25-19(15-5-7-16(8-6-15)28-12-13-2-3-13)24-20(26-21)17-10-14(11-23)4-9-18(17)22/h4-10,13H,2-3,11-12,23H2,1H3. The second-order valence-corrected chi connectivity index (χ2v) is 7.17. The Kier molecular flexibility index (Phi) is 5.41. The van der Waals surface area contributed by atoms with E-state index in [4.69, 9.17) is 26.8 Å². The molecule has 3 aromatic rings. The minimum atomic E-state index is 0.225. The molecule has 0 saturated heterocycles. The molecule has 2 aromatic carbocycles. The van der Waals surface area contributed by atoms with Crippen LogP contribution in [-0.2, 0) is 6.54 Å². The summed E-state index contributed by atoms with van der Waals surface area (Å²) in [6.45, 7) is 1.18. The van der Waals surface area contributed by atoms with Gasteiger partial charge in [0.05, 0.1) is 18.7 Å². The van der Waals surface area contributed by atoms with Gasteiger partial charge in [-0.05, 0) is 60.7 Å². The first-order chi connectivity index (χ1) is 13.7. The smallest absolute Gasteiger partial charge is 0.320 e. The fourth-order valence-electron chi connectivity index (χ4n) is 2.77. The van der Waals surface area contributed by atoms with E-state index in [1.807, 2.05) is 36.4 Å². The van der Waals surface area contributed by atoms with Crippen LogP contribution in [0, 0.1) is 5.92 Å². The molecule has 1 aliphatic carbocycles. The molecule has 0 aliphatic heterocycles. The van der Waals surface area contributed by atoms with Crippen molar-refractivity contribution in [3.05, 3.63) is 53.1 Å². The summed E-state index contributed by atoms with van der Waals surface area (Å²) < 4.78 is 11.1. The Morgan fingerprint density at radius 3 is 2.46 bits per heavy atom. The Balaban J connectivity index is 1.67. The summed E-state index contributed by atoms with van der Waals surface area (Å²) in [6, 6.07) is 13.5. The third-order valence-corrected chi connectivity index (χ3v) is 4.93. The number of nitrogens with zero attached hydrogens (tertiary/aromatic N) is 3. The molecular weight excluding hydrogens is 376 g/mol. The van der Waals surface area contributed by atoms with E-state index >= 15 is 0 Å². The summed E-state index contributed by atoms with van der Waals surface area (Å²) in [7, 11) is 1.52. The quantitative estimate of drug-likeness (QED) is 0.646. The lowest BCUT2D eigenvalue weighted by Crippen LogP contribution is -2.02. The van der Waals surface area contributed by atoms with E-state index in [0.29, 0.717) is 34.7 Å². The number of nitrogens with two attached hydrogens (primary N) is 1. The van der Waals surface area contributed by atoms with Gasteiger partial charge in [0.15, 0.2) is 11.6 Å². The number of rotatable bonds is 7. The molecule has 28 heavy (non-hydrogen) atoms.